The number of amides is 1. The Hall–Kier alpha value is -3.30. The molecule has 0 N–H and O–H groups in total. The first-order valence-electron chi connectivity index (χ1n) is 15.5. The molecule has 3 aromatic rings. The molecule has 1 aromatic carbocycles. The van der Waals surface area contributed by atoms with Gasteiger partial charge in [-0.1, -0.05) is 17.3 Å². The van der Waals surface area contributed by atoms with Crippen molar-refractivity contribution in [1.29, 1.82) is 0 Å². The molecular formula is C33H34F4N4O2. The average molecular weight is 595 g/mol. The number of hydrogen-bond acceptors (Lipinski definition) is 5. The molecule has 10 heteroatoms. The van der Waals surface area contributed by atoms with Gasteiger partial charge < -0.3 is 9.42 Å². The lowest BCUT2D eigenvalue weighted by Crippen LogP contribution is -2.54. The summed E-state index contributed by atoms with van der Waals surface area (Å²) >= 11 is 0. The number of benzene rings is 1. The number of halogens is 4. The van der Waals surface area contributed by atoms with Gasteiger partial charge in [-0.3, -0.25) is 9.78 Å². The highest BCUT2D eigenvalue weighted by atomic mass is 19.4. The molecule has 4 bridgehead atoms. The summed E-state index contributed by atoms with van der Waals surface area (Å²) in [6.07, 6.45) is 4.27. The molecule has 1 amide bonds. The summed E-state index contributed by atoms with van der Waals surface area (Å²) in [4.78, 5) is 25.2. The maximum atomic E-state index is 14.6. The van der Waals surface area contributed by atoms with Crippen molar-refractivity contribution in [2.45, 2.75) is 94.3 Å². The predicted octanol–water partition coefficient (Wildman–Crippen LogP) is 7.79. The first-order chi connectivity index (χ1) is 20.6. The lowest BCUT2D eigenvalue weighted by molar-refractivity contribution is -0.138. The van der Waals surface area contributed by atoms with E-state index in [0.717, 1.165) is 80.6 Å². The number of rotatable bonds is 7. The number of anilines is 1. The van der Waals surface area contributed by atoms with Crippen molar-refractivity contribution in [3.05, 3.63) is 59.7 Å². The third-order valence-corrected chi connectivity index (χ3v) is 11.4. The van der Waals surface area contributed by atoms with E-state index in [-0.39, 0.29) is 29.1 Å². The van der Waals surface area contributed by atoms with E-state index in [1.165, 1.54) is 0 Å². The van der Waals surface area contributed by atoms with Gasteiger partial charge in [0.25, 0.3) is 0 Å². The van der Waals surface area contributed by atoms with Crippen molar-refractivity contribution in [3.8, 4) is 11.4 Å². The van der Waals surface area contributed by atoms with Crippen LogP contribution in [-0.4, -0.2) is 33.7 Å². The zero-order valence-electron chi connectivity index (χ0n) is 23.9. The molecule has 2 heterocycles. The standard InChI is InChI=1S/C33H34F4N4O2/c34-25-17-32(15-22(25)16-32)29(42)41(24-3-1-2-21(14-24)27-39-28(43-40-27)20-4-5-20)19-30-8-11-31(12-9-30,13-10-30)26-7-6-23(18-38-26)33(35,36)37/h1-3,6-7,14,18,20,22,25H,4-5,8-13,15-17,19H2. The Morgan fingerprint density at radius 2 is 1.74 bits per heavy atom. The van der Waals surface area contributed by atoms with E-state index in [2.05, 4.69) is 15.1 Å². The van der Waals surface area contributed by atoms with Crippen LogP contribution in [-0.2, 0) is 16.4 Å². The Balaban J connectivity index is 1.07. The summed E-state index contributed by atoms with van der Waals surface area (Å²) in [5, 5.41) is 4.20. The van der Waals surface area contributed by atoms with Crippen molar-refractivity contribution in [1.82, 2.24) is 15.1 Å². The molecule has 0 spiro atoms. The first-order valence-corrected chi connectivity index (χ1v) is 15.5. The van der Waals surface area contributed by atoms with Crippen LogP contribution < -0.4 is 4.90 Å². The Kier molecular flexibility index (Phi) is 5.93. The van der Waals surface area contributed by atoms with Crippen LogP contribution in [0.4, 0.5) is 23.2 Å². The number of fused-ring (bicyclic) bond motifs is 4. The fraction of sp³-hybridized carbons (Fsp3) is 0.576. The number of nitrogens with zero attached hydrogens (tertiary/aromatic N) is 4. The van der Waals surface area contributed by atoms with Crippen LogP contribution in [0.5, 0.6) is 0 Å². The number of pyridine rings is 1. The second kappa shape index (κ2) is 9.35. The average Bonchev–Trinajstić information content (AvgIpc) is 3.49. The normalized spacial score (nSPS) is 32.9. The van der Waals surface area contributed by atoms with Crippen molar-refractivity contribution in [3.63, 3.8) is 0 Å². The zero-order valence-corrected chi connectivity index (χ0v) is 23.9. The second-order valence-electron chi connectivity index (χ2n) is 14.1. The smallest absolute Gasteiger partial charge is 0.339 e. The van der Waals surface area contributed by atoms with Crippen LogP contribution in [0.1, 0.15) is 93.7 Å². The van der Waals surface area contributed by atoms with Gasteiger partial charge in [-0.15, -0.1) is 0 Å². The lowest BCUT2D eigenvalue weighted by Gasteiger charge is -2.55. The van der Waals surface area contributed by atoms with Gasteiger partial charge in [0.15, 0.2) is 0 Å². The molecule has 7 aliphatic carbocycles. The quantitative estimate of drug-likeness (QED) is 0.261. The van der Waals surface area contributed by atoms with Crippen molar-refractivity contribution in [2.75, 3.05) is 11.4 Å². The molecule has 226 valence electrons. The molecule has 43 heavy (non-hydrogen) atoms. The SMILES string of the molecule is O=C(N(CC12CCC(c3ccc(C(F)(F)F)cn3)(CC1)CC2)c1cccc(-c2noc(C3CC3)n2)c1)C12CC(F)C(C1)C2. The zero-order chi connectivity index (χ0) is 29.6. The molecule has 7 saturated carbocycles. The largest absolute Gasteiger partial charge is 0.417 e. The van der Waals surface area contributed by atoms with Gasteiger partial charge in [-0.2, -0.15) is 18.2 Å². The summed E-state index contributed by atoms with van der Waals surface area (Å²) in [6.45, 7) is 0.536. The molecule has 0 saturated heterocycles. The van der Waals surface area contributed by atoms with E-state index in [1.807, 2.05) is 29.2 Å². The Bertz CT molecular complexity index is 1530. The van der Waals surface area contributed by atoms with Crippen LogP contribution in [0.25, 0.3) is 11.4 Å². The predicted molar refractivity (Wildman–Crippen MR) is 150 cm³/mol. The summed E-state index contributed by atoms with van der Waals surface area (Å²) in [5.41, 5.74) is 0.570. The highest BCUT2D eigenvalue weighted by Crippen LogP contribution is 2.62. The number of carbonyl (C=O) groups excluding carboxylic acids is 1. The molecule has 7 aliphatic rings. The molecule has 10 rings (SSSR count). The number of alkyl halides is 4. The lowest BCUT2D eigenvalue weighted by atomic mass is 9.52. The summed E-state index contributed by atoms with van der Waals surface area (Å²) < 4.78 is 59.5. The Morgan fingerprint density at radius 1 is 1.00 bits per heavy atom. The fourth-order valence-corrected chi connectivity index (χ4v) is 8.49. The van der Waals surface area contributed by atoms with Crippen LogP contribution in [0.2, 0.25) is 0 Å². The van der Waals surface area contributed by atoms with Gasteiger partial charge in [-0.25, -0.2) is 4.39 Å². The van der Waals surface area contributed by atoms with Gasteiger partial charge in [0, 0.05) is 41.0 Å². The third-order valence-electron chi connectivity index (χ3n) is 11.4. The number of aromatic nitrogens is 3. The van der Waals surface area contributed by atoms with E-state index < -0.39 is 23.3 Å². The molecule has 1 atom stereocenters. The Labute approximate surface area is 247 Å². The number of hydrogen-bond donors (Lipinski definition) is 0. The maximum absolute atomic E-state index is 14.6. The molecule has 7 fully saturated rings. The second-order valence-corrected chi connectivity index (χ2v) is 14.1. The number of carbonyl (C=O) groups is 1. The Morgan fingerprint density at radius 3 is 2.35 bits per heavy atom. The molecular weight excluding hydrogens is 560 g/mol. The monoisotopic (exact) mass is 594 g/mol. The summed E-state index contributed by atoms with van der Waals surface area (Å²) in [5.74, 6) is 1.49. The maximum Gasteiger partial charge on any atom is 0.417 e. The third kappa shape index (κ3) is 4.49. The van der Waals surface area contributed by atoms with Gasteiger partial charge in [0.05, 0.1) is 11.0 Å². The highest BCUT2D eigenvalue weighted by molar-refractivity contribution is 5.99. The van der Waals surface area contributed by atoms with E-state index in [0.29, 0.717) is 37.0 Å². The van der Waals surface area contributed by atoms with E-state index in [1.54, 1.807) is 6.07 Å². The topological polar surface area (TPSA) is 72.1 Å². The first kappa shape index (κ1) is 27.3. The minimum Gasteiger partial charge on any atom is -0.339 e. The van der Waals surface area contributed by atoms with Crippen LogP contribution in [0.3, 0.4) is 0 Å². The van der Waals surface area contributed by atoms with E-state index in [4.69, 9.17) is 4.52 Å². The van der Waals surface area contributed by atoms with E-state index in [9.17, 15) is 22.4 Å². The fourth-order valence-electron chi connectivity index (χ4n) is 8.49. The molecule has 2 aromatic heterocycles. The van der Waals surface area contributed by atoms with Gasteiger partial charge in [0.1, 0.15) is 6.17 Å². The molecule has 6 nitrogen and oxygen atoms in total. The van der Waals surface area contributed by atoms with Gasteiger partial charge in [-0.05, 0) is 106 Å². The minimum atomic E-state index is -4.41. The van der Waals surface area contributed by atoms with Crippen LogP contribution in [0.15, 0.2) is 47.1 Å². The van der Waals surface area contributed by atoms with Crippen LogP contribution >= 0.6 is 0 Å². The van der Waals surface area contributed by atoms with Gasteiger partial charge in [0.2, 0.25) is 17.6 Å². The molecule has 0 aliphatic heterocycles. The van der Waals surface area contributed by atoms with Gasteiger partial charge >= 0.3 is 6.18 Å². The summed E-state index contributed by atoms with van der Waals surface area (Å²) in [6, 6.07) is 10.4. The van der Waals surface area contributed by atoms with Crippen molar-refractivity contribution < 1.29 is 26.9 Å². The minimum absolute atomic E-state index is 0.00835. The molecule has 1 unspecified atom stereocenters. The van der Waals surface area contributed by atoms with Crippen LogP contribution in [0, 0.1) is 16.7 Å². The van der Waals surface area contributed by atoms with E-state index >= 15 is 0 Å². The highest BCUT2D eigenvalue weighted by Gasteiger charge is 2.62. The summed E-state index contributed by atoms with van der Waals surface area (Å²) in [7, 11) is 0. The van der Waals surface area contributed by atoms with Crippen molar-refractivity contribution >= 4 is 11.6 Å². The van der Waals surface area contributed by atoms with Crippen molar-refractivity contribution in [2.24, 2.45) is 16.7 Å². The molecule has 0 radical (unpaired) electrons.